The van der Waals surface area contributed by atoms with Gasteiger partial charge in [-0.25, -0.2) is 4.79 Å². The first-order valence-corrected chi connectivity index (χ1v) is 9.88. The minimum absolute atomic E-state index is 0.150. The maximum atomic E-state index is 12.9. The zero-order valence-electron chi connectivity index (χ0n) is 17.8. The Bertz CT molecular complexity index is 1260. The van der Waals surface area contributed by atoms with E-state index in [1.54, 1.807) is 25.1 Å². The van der Waals surface area contributed by atoms with Crippen LogP contribution in [0.3, 0.4) is 0 Å². The van der Waals surface area contributed by atoms with Crippen LogP contribution in [0.1, 0.15) is 39.7 Å². The number of carbonyl (C=O) groups excluding carboxylic acids is 1. The Morgan fingerprint density at radius 2 is 1.65 bits per heavy atom. The lowest BCUT2D eigenvalue weighted by Crippen LogP contribution is -2.21. The topological polar surface area (TPSA) is 83.1 Å². The first kappa shape index (κ1) is 20.3. The van der Waals surface area contributed by atoms with Crippen LogP contribution in [0, 0.1) is 20.8 Å². The largest absolute Gasteiger partial charge is 0.478 e. The van der Waals surface area contributed by atoms with E-state index in [2.05, 4.69) is 31.1 Å². The standard InChI is InChI=1S/C25H22N2O4/c1-14-11-16(3)21(12-15(14)2)23-10-9-20(31-23)13-22-17(4)26-27(24(22)28)19-7-5-18(6-8-19)25(29)30/h5-13H,1-4H3,(H,29,30)/b22-13-. The Balaban J connectivity index is 1.62. The molecule has 31 heavy (non-hydrogen) atoms. The molecular formula is C25H22N2O4. The van der Waals surface area contributed by atoms with Gasteiger partial charge in [0.1, 0.15) is 11.5 Å². The van der Waals surface area contributed by atoms with E-state index in [4.69, 9.17) is 9.52 Å². The van der Waals surface area contributed by atoms with Crippen molar-refractivity contribution in [1.29, 1.82) is 0 Å². The highest BCUT2D eigenvalue weighted by molar-refractivity contribution is 6.32. The molecule has 0 saturated carbocycles. The summed E-state index contributed by atoms with van der Waals surface area (Å²) in [5.41, 5.74) is 6.22. The molecule has 3 aromatic rings. The second-order valence-electron chi connectivity index (χ2n) is 7.67. The molecule has 1 aliphatic heterocycles. The van der Waals surface area contributed by atoms with Gasteiger partial charge < -0.3 is 9.52 Å². The van der Waals surface area contributed by atoms with Crippen LogP contribution in [0.4, 0.5) is 5.69 Å². The van der Waals surface area contributed by atoms with Crippen molar-refractivity contribution in [2.75, 3.05) is 5.01 Å². The van der Waals surface area contributed by atoms with Crippen molar-refractivity contribution in [2.45, 2.75) is 27.7 Å². The number of nitrogens with zero attached hydrogens (tertiary/aromatic N) is 2. The highest BCUT2D eigenvalue weighted by Gasteiger charge is 2.29. The molecule has 0 atom stereocenters. The molecule has 6 heteroatoms. The van der Waals surface area contributed by atoms with Gasteiger partial charge in [0.2, 0.25) is 0 Å². The number of rotatable bonds is 4. The van der Waals surface area contributed by atoms with E-state index < -0.39 is 5.97 Å². The van der Waals surface area contributed by atoms with Gasteiger partial charge in [0, 0.05) is 5.56 Å². The maximum Gasteiger partial charge on any atom is 0.335 e. The average Bonchev–Trinajstić information content (AvgIpc) is 3.31. The number of anilines is 1. The Labute approximate surface area is 180 Å². The summed E-state index contributed by atoms with van der Waals surface area (Å²) in [6.45, 7) is 7.96. The average molecular weight is 414 g/mol. The van der Waals surface area contributed by atoms with Gasteiger partial charge in [-0.1, -0.05) is 6.07 Å². The van der Waals surface area contributed by atoms with Crippen LogP contribution in [-0.4, -0.2) is 22.7 Å². The molecule has 0 spiro atoms. The van der Waals surface area contributed by atoms with E-state index >= 15 is 0 Å². The Hall–Kier alpha value is -3.93. The Kier molecular flexibility index (Phi) is 5.07. The van der Waals surface area contributed by atoms with Gasteiger partial charge in [0.15, 0.2) is 0 Å². The van der Waals surface area contributed by atoms with Crippen molar-refractivity contribution in [3.05, 3.63) is 82.1 Å². The molecule has 2 aromatic carbocycles. The summed E-state index contributed by atoms with van der Waals surface area (Å²) in [6.07, 6.45) is 1.69. The number of hydrogen-bond acceptors (Lipinski definition) is 4. The number of amides is 1. The number of benzene rings is 2. The molecule has 4 rings (SSSR count). The quantitative estimate of drug-likeness (QED) is 0.581. The van der Waals surface area contributed by atoms with Crippen LogP contribution < -0.4 is 5.01 Å². The molecule has 1 aromatic heterocycles. The summed E-state index contributed by atoms with van der Waals surface area (Å²) in [5.74, 6) is -0.00436. The normalized spacial score (nSPS) is 15.0. The van der Waals surface area contributed by atoms with Crippen LogP contribution in [0.5, 0.6) is 0 Å². The third-order valence-electron chi connectivity index (χ3n) is 5.44. The molecule has 1 amide bonds. The van der Waals surface area contributed by atoms with E-state index in [9.17, 15) is 9.59 Å². The molecular weight excluding hydrogens is 392 g/mol. The van der Waals surface area contributed by atoms with Gasteiger partial charge in [0.25, 0.3) is 5.91 Å². The summed E-state index contributed by atoms with van der Waals surface area (Å²) >= 11 is 0. The predicted molar refractivity (Wildman–Crippen MR) is 120 cm³/mol. The van der Waals surface area contributed by atoms with Crippen molar-refractivity contribution in [2.24, 2.45) is 5.10 Å². The number of aromatic carboxylic acids is 1. The maximum absolute atomic E-state index is 12.9. The summed E-state index contributed by atoms with van der Waals surface area (Å²) in [4.78, 5) is 24.0. The lowest BCUT2D eigenvalue weighted by atomic mass is 9.99. The molecule has 0 bridgehead atoms. The fourth-order valence-electron chi connectivity index (χ4n) is 3.55. The molecule has 0 unspecified atom stereocenters. The van der Waals surface area contributed by atoms with Gasteiger partial charge in [-0.15, -0.1) is 0 Å². The van der Waals surface area contributed by atoms with Crippen molar-refractivity contribution in [3.8, 4) is 11.3 Å². The number of aryl methyl sites for hydroxylation is 3. The van der Waals surface area contributed by atoms with Gasteiger partial charge in [-0.3, -0.25) is 4.79 Å². The van der Waals surface area contributed by atoms with E-state index in [0.29, 0.717) is 22.7 Å². The number of carboxylic acids is 1. The van der Waals surface area contributed by atoms with Crippen molar-refractivity contribution < 1.29 is 19.1 Å². The first-order valence-electron chi connectivity index (χ1n) is 9.88. The van der Waals surface area contributed by atoms with Crippen LogP contribution in [-0.2, 0) is 4.79 Å². The van der Waals surface area contributed by atoms with Crippen LogP contribution in [0.2, 0.25) is 0 Å². The number of carboxylic acid groups (broad SMARTS) is 1. The van der Waals surface area contributed by atoms with E-state index in [1.807, 2.05) is 19.1 Å². The number of carbonyl (C=O) groups is 2. The number of hydrogen-bond donors (Lipinski definition) is 1. The highest BCUT2D eigenvalue weighted by Crippen LogP contribution is 2.30. The fourth-order valence-corrected chi connectivity index (χ4v) is 3.55. The molecule has 2 heterocycles. The van der Waals surface area contributed by atoms with Gasteiger partial charge >= 0.3 is 5.97 Å². The predicted octanol–water partition coefficient (Wildman–Crippen LogP) is 5.38. The van der Waals surface area contributed by atoms with Gasteiger partial charge in [-0.2, -0.15) is 10.1 Å². The Morgan fingerprint density at radius 3 is 2.32 bits per heavy atom. The highest BCUT2D eigenvalue weighted by atomic mass is 16.4. The molecule has 0 fully saturated rings. The lowest BCUT2D eigenvalue weighted by Gasteiger charge is -2.11. The molecule has 1 N–H and O–H groups in total. The second kappa shape index (κ2) is 7.72. The number of hydrazone groups is 1. The van der Waals surface area contributed by atoms with Gasteiger partial charge in [0.05, 0.1) is 22.5 Å². The molecule has 0 saturated heterocycles. The minimum atomic E-state index is -1.02. The Morgan fingerprint density at radius 1 is 0.968 bits per heavy atom. The lowest BCUT2D eigenvalue weighted by molar-refractivity contribution is -0.114. The monoisotopic (exact) mass is 414 g/mol. The first-order chi connectivity index (χ1) is 14.7. The van der Waals surface area contributed by atoms with E-state index in [1.165, 1.54) is 28.3 Å². The molecule has 0 radical (unpaired) electrons. The molecule has 0 aliphatic carbocycles. The van der Waals surface area contributed by atoms with Crippen molar-refractivity contribution >= 4 is 29.4 Å². The fraction of sp³-hybridized carbons (Fsp3) is 0.160. The van der Waals surface area contributed by atoms with Crippen molar-refractivity contribution in [3.63, 3.8) is 0 Å². The summed E-state index contributed by atoms with van der Waals surface area (Å²) in [6, 6.07) is 14.0. The summed E-state index contributed by atoms with van der Waals surface area (Å²) in [7, 11) is 0. The summed E-state index contributed by atoms with van der Waals surface area (Å²) < 4.78 is 6.02. The van der Waals surface area contributed by atoms with Crippen LogP contribution in [0.25, 0.3) is 17.4 Å². The zero-order valence-corrected chi connectivity index (χ0v) is 17.8. The van der Waals surface area contributed by atoms with E-state index in [-0.39, 0.29) is 11.5 Å². The third-order valence-corrected chi connectivity index (χ3v) is 5.44. The summed E-state index contributed by atoms with van der Waals surface area (Å²) in [5, 5.41) is 14.6. The minimum Gasteiger partial charge on any atom is -0.478 e. The molecule has 156 valence electrons. The third kappa shape index (κ3) is 3.80. The van der Waals surface area contributed by atoms with Gasteiger partial charge in [-0.05, 0) is 92.9 Å². The van der Waals surface area contributed by atoms with Crippen molar-refractivity contribution in [1.82, 2.24) is 0 Å². The van der Waals surface area contributed by atoms with Crippen LogP contribution in [0.15, 0.2) is 63.6 Å². The van der Waals surface area contributed by atoms with Crippen LogP contribution >= 0.6 is 0 Å². The zero-order chi connectivity index (χ0) is 22.3. The second-order valence-corrected chi connectivity index (χ2v) is 7.67. The smallest absolute Gasteiger partial charge is 0.335 e. The molecule has 1 aliphatic rings. The van der Waals surface area contributed by atoms with E-state index in [0.717, 1.165) is 16.9 Å². The SMILES string of the molecule is CC1=NN(c2ccc(C(=O)O)cc2)C(=O)/C1=C\c1ccc(-c2cc(C)c(C)cc2C)o1. The molecule has 6 nitrogen and oxygen atoms in total. The number of furan rings is 1.